The number of hydrogen-bond acceptors (Lipinski definition) is 9. The number of nitrogens with two attached hydrogens (primary N) is 1. The first-order valence-corrected chi connectivity index (χ1v) is 8.35. The van der Waals surface area contributed by atoms with E-state index < -0.39 is 0 Å². The first-order chi connectivity index (χ1) is 12.7. The van der Waals surface area contributed by atoms with Gasteiger partial charge in [0.25, 0.3) is 5.56 Å². The topological polar surface area (TPSA) is 147 Å². The first-order valence-electron chi connectivity index (χ1n) is 8.35. The fourth-order valence-corrected chi connectivity index (χ4v) is 2.12. The maximum atomic E-state index is 11.7. The molecular formula is C15H25N5O6. The molecule has 2 aromatic heterocycles. The summed E-state index contributed by atoms with van der Waals surface area (Å²) in [5, 5.41) is 8.53. The third kappa shape index (κ3) is 6.69. The monoisotopic (exact) mass is 371 g/mol. The molecule has 0 aliphatic heterocycles. The largest absolute Gasteiger partial charge is 0.394 e. The summed E-state index contributed by atoms with van der Waals surface area (Å²) in [6.45, 7) is 4.06. The van der Waals surface area contributed by atoms with Crippen LogP contribution in [0.4, 0.5) is 5.95 Å². The highest BCUT2D eigenvalue weighted by Crippen LogP contribution is 2.05. The Kier molecular flexibility index (Phi) is 9.00. The number of nitrogen functional groups attached to an aromatic ring is 1. The minimum absolute atomic E-state index is 0.0169. The van der Waals surface area contributed by atoms with Crippen molar-refractivity contribution in [3.8, 4) is 0 Å². The van der Waals surface area contributed by atoms with Crippen LogP contribution in [-0.4, -0.2) is 84.1 Å². The Bertz CT molecular complexity index is 703. The lowest BCUT2D eigenvalue weighted by atomic mass is 10.5. The van der Waals surface area contributed by atoms with E-state index in [1.54, 1.807) is 4.57 Å². The summed E-state index contributed by atoms with van der Waals surface area (Å²) in [6, 6.07) is 0. The standard InChI is InChI=1S/C15H25N5O6/c16-15-18-13-12(14(22)19-15)17-11-20(13)1-3-23-5-7-25-9-10-26-8-6-24-4-2-21/h11,21H,1-10H2,(H3,16,18,19,22). The number of ether oxygens (including phenoxy) is 4. The van der Waals surface area contributed by atoms with E-state index in [0.717, 1.165) is 0 Å². The van der Waals surface area contributed by atoms with Crippen LogP contribution >= 0.6 is 0 Å². The SMILES string of the molecule is Nc1nc2c(ncn2CCOCCOCCOCCOCCO)c(=O)[nH]1. The second kappa shape index (κ2) is 11.5. The van der Waals surface area contributed by atoms with Gasteiger partial charge in [-0.05, 0) is 0 Å². The van der Waals surface area contributed by atoms with Crippen molar-refractivity contribution in [3.63, 3.8) is 0 Å². The highest BCUT2D eigenvalue weighted by molar-refractivity contribution is 5.70. The van der Waals surface area contributed by atoms with E-state index in [-0.39, 0.29) is 23.6 Å². The van der Waals surface area contributed by atoms with Gasteiger partial charge in [-0.3, -0.25) is 9.78 Å². The first kappa shape index (κ1) is 20.3. The summed E-state index contributed by atoms with van der Waals surface area (Å²) >= 11 is 0. The number of aromatic nitrogens is 4. The number of aliphatic hydroxyl groups excluding tert-OH is 1. The number of anilines is 1. The summed E-state index contributed by atoms with van der Waals surface area (Å²) in [5.41, 5.74) is 5.88. The fourth-order valence-electron chi connectivity index (χ4n) is 2.12. The minimum atomic E-state index is -0.359. The molecule has 0 atom stereocenters. The number of nitrogens with one attached hydrogen (secondary N) is 1. The van der Waals surface area contributed by atoms with E-state index in [1.165, 1.54) is 6.33 Å². The molecule has 0 amide bonds. The lowest BCUT2D eigenvalue weighted by Crippen LogP contribution is -2.14. The normalized spacial score (nSPS) is 11.4. The van der Waals surface area contributed by atoms with Gasteiger partial charge in [-0.2, -0.15) is 4.98 Å². The van der Waals surface area contributed by atoms with Gasteiger partial charge in [0.2, 0.25) is 5.95 Å². The molecule has 0 aromatic carbocycles. The quantitative estimate of drug-likeness (QED) is 0.347. The molecular weight excluding hydrogens is 346 g/mol. The van der Waals surface area contributed by atoms with Crippen LogP contribution in [-0.2, 0) is 25.5 Å². The van der Waals surface area contributed by atoms with Crippen LogP contribution in [0.2, 0.25) is 0 Å². The Balaban J connectivity index is 1.51. The van der Waals surface area contributed by atoms with Crippen molar-refractivity contribution in [2.45, 2.75) is 6.54 Å². The molecule has 0 aliphatic rings. The summed E-state index contributed by atoms with van der Waals surface area (Å²) < 4.78 is 22.9. The molecule has 11 heteroatoms. The molecule has 0 aliphatic carbocycles. The Morgan fingerprint density at radius 3 is 2.19 bits per heavy atom. The molecule has 0 unspecified atom stereocenters. The van der Waals surface area contributed by atoms with Gasteiger partial charge in [-0.1, -0.05) is 0 Å². The summed E-state index contributed by atoms with van der Waals surface area (Å²) in [6.07, 6.45) is 1.54. The van der Waals surface area contributed by atoms with Crippen molar-refractivity contribution in [2.24, 2.45) is 0 Å². The van der Waals surface area contributed by atoms with E-state index in [2.05, 4.69) is 15.0 Å². The van der Waals surface area contributed by atoms with Gasteiger partial charge in [-0.25, -0.2) is 4.98 Å². The van der Waals surface area contributed by atoms with Gasteiger partial charge in [-0.15, -0.1) is 0 Å². The van der Waals surface area contributed by atoms with Crippen LogP contribution < -0.4 is 11.3 Å². The molecule has 0 saturated heterocycles. The van der Waals surface area contributed by atoms with Crippen molar-refractivity contribution < 1.29 is 24.1 Å². The van der Waals surface area contributed by atoms with Crippen molar-refractivity contribution in [3.05, 3.63) is 16.7 Å². The van der Waals surface area contributed by atoms with E-state index in [0.29, 0.717) is 65.0 Å². The van der Waals surface area contributed by atoms with Gasteiger partial charge >= 0.3 is 0 Å². The second-order valence-electron chi connectivity index (χ2n) is 5.23. The van der Waals surface area contributed by atoms with E-state index >= 15 is 0 Å². The Labute approximate surface area is 150 Å². The third-order valence-electron chi connectivity index (χ3n) is 3.32. The van der Waals surface area contributed by atoms with E-state index in [4.69, 9.17) is 29.8 Å². The second-order valence-corrected chi connectivity index (χ2v) is 5.23. The van der Waals surface area contributed by atoms with Crippen LogP contribution in [0.25, 0.3) is 11.2 Å². The van der Waals surface area contributed by atoms with E-state index in [9.17, 15) is 4.79 Å². The number of hydrogen-bond donors (Lipinski definition) is 3. The highest BCUT2D eigenvalue weighted by atomic mass is 16.6. The number of rotatable bonds is 14. The van der Waals surface area contributed by atoms with Gasteiger partial charge in [0.05, 0.1) is 65.8 Å². The molecule has 0 radical (unpaired) electrons. The number of imidazole rings is 1. The highest BCUT2D eigenvalue weighted by Gasteiger charge is 2.08. The molecule has 0 fully saturated rings. The Hall–Kier alpha value is -2.05. The fraction of sp³-hybridized carbons (Fsp3) is 0.667. The van der Waals surface area contributed by atoms with Gasteiger partial charge in [0, 0.05) is 6.54 Å². The molecule has 0 saturated carbocycles. The molecule has 2 rings (SSSR count). The maximum absolute atomic E-state index is 11.7. The van der Waals surface area contributed by atoms with Crippen LogP contribution in [0.1, 0.15) is 0 Å². The van der Waals surface area contributed by atoms with E-state index in [1.807, 2.05) is 0 Å². The number of aromatic amines is 1. The molecule has 2 heterocycles. The summed E-state index contributed by atoms with van der Waals surface area (Å²) in [7, 11) is 0. The minimum Gasteiger partial charge on any atom is -0.394 e. The van der Waals surface area contributed by atoms with Crippen LogP contribution in [0.5, 0.6) is 0 Å². The van der Waals surface area contributed by atoms with Crippen molar-refractivity contribution in [1.82, 2.24) is 19.5 Å². The van der Waals surface area contributed by atoms with Gasteiger partial charge < -0.3 is 34.4 Å². The average Bonchev–Trinajstić information content (AvgIpc) is 3.02. The van der Waals surface area contributed by atoms with Gasteiger partial charge in [0.1, 0.15) is 0 Å². The molecule has 4 N–H and O–H groups in total. The Morgan fingerprint density at radius 2 is 1.58 bits per heavy atom. The van der Waals surface area contributed by atoms with Crippen LogP contribution in [0.15, 0.2) is 11.1 Å². The zero-order valence-electron chi connectivity index (χ0n) is 14.6. The third-order valence-corrected chi connectivity index (χ3v) is 3.32. The maximum Gasteiger partial charge on any atom is 0.280 e. The zero-order valence-corrected chi connectivity index (χ0v) is 14.6. The lowest BCUT2D eigenvalue weighted by Gasteiger charge is -2.08. The lowest BCUT2D eigenvalue weighted by molar-refractivity contribution is -0.00605. The van der Waals surface area contributed by atoms with Gasteiger partial charge in [0.15, 0.2) is 11.2 Å². The predicted molar refractivity (Wildman–Crippen MR) is 92.9 cm³/mol. The molecule has 11 nitrogen and oxygen atoms in total. The molecule has 26 heavy (non-hydrogen) atoms. The number of nitrogens with zero attached hydrogens (tertiary/aromatic N) is 3. The molecule has 0 spiro atoms. The molecule has 0 bridgehead atoms. The molecule has 2 aromatic rings. The van der Waals surface area contributed by atoms with Crippen LogP contribution in [0, 0.1) is 0 Å². The number of H-pyrrole nitrogens is 1. The average molecular weight is 371 g/mol. The molecule has 146 valence electrons. The number of aliphatic hydroxyl groups is 1. The zero-order chi connectivity index (χ0) is 18.6. The number of fused-ring (bicyclic) bond motifs is 1. The van der Waals surface area contributed by atoms with Crippen molar-refractivity contribution in [1.29, 1.82) is 0 Å². The van der Waals surface area contributed by atoms with Crippen molar-refractivity contribution >= 4 is 17.1 Å². The smallest absolute Gasteiger partial charge is 0.280 e. The predicted octanol–water partition coefficient (Wildman–Crippen LogP) is -1.24. The van der Waals surface area contributed by atoms with Crippen LogP contribution in [0.3, 0.4) is 0 Å². The summed E-state index contributed by atoms with van der Waals surface area (Å²) in [4.78, 5) is 22.2. The Morgan fingerprint density at radius 1 is 1.00 bits per heavy atom. The van der Waals surface area contributed by atoms with Crippen molar-refractivity contribution in [2.75, 3.05) is 65.2 Å². The summed E-state index contributed by atoms with van der Waals surface area (Å²) in [5.74, 6) is 0.0562.